The van der Waals surface area contributed by atoms with Gasteiger partial charge in [0.25, 0.3) is 0 Å². The number of carboxylic acids is 1. The van der Waals surface area contributed by atoms with Crippen molar-refractivity contribution in [3.05, 3.63) is 54.6 Å². The van der Waals surface area contributed by atoms with Crippen molar-refractivity contribution in [1.82, 2.24) is 0 Å². The summed E-state index contributed by atoms with van der Waals surface area (Å²) in [7, 11) is 0. The molecule has 0 spiro atoms. The normalized spacial score (nSPS) is 10.6. The fraction of sp³-hybridized carbons (Fsp3) is 0.435. The van der Waals surface area contributed by atoms with Gasteiger partial charge in [0.05, 0.1) is 6.61 Å². The van der Waals surface area contributed by atoms with Gasteiger partial charge in [0.15, 0.2) is 0 Å². The van der Waals surface area contributed by atoms with Crippen LogP contribution in [0.3, 0.4) is 0 Å². The summed E-state index contributed by atoms with van der Waals surface area (Å²) in [5.74, 6) is 0.254. The second-order valence-corrected chi connectivity index (χ2v) is 6.71. The van der Waals surface area contributed by atoms with E-state index in [1.54, 1.807) is 0 Å². The summed E-state index contributed by atoms with van der Waals surface area (Å²) in [5.41, 5.74) is 2.40. The summed E-state index contributed by atoms with van der Waals surface area (Å²) in [5, 5.41) is 8.58. The van der Waals surface area contributed by atoms with Crippen molar-refractivity contribution in [2.75, 3.05) is 6.61 Å². The van der Waals surface area contributed by atoms with Gasteiger partial charge in [-0.25, -0.2) is 0 Å². The minimum Gasteiger partial charge on any atom is -0.494 e. The molecular formula is C23H30O3. The van der Waals surface area contributed by atoms with Gasteiger partial charge < -0.3 is 9.84 Å². The molecule has 2 aromatic rings. The van der Waals surface area contributed by atoms with Crippen molar-refractivity contribution in [1.29, 1.82) is 0 Å². The maximum absolute atomic E-state index is 10.4. The van der Waals surface area contributed by atoms with Gasteiger partial charge in [-0.15, -0.1) is 0 Å². The van der Waals surface area contributed by atoms with Crippen molar-refractivity contribution in [2.24, 2.45) is 0 Å². The lowest BCUT2D eigenvalue weighted by Gasteiger charge is -2.08. The first kappa shape index (κ1) is 20.0. The van der Waals surface area contributed by atoms with Crippen LogP contribution in [0.5, 0.6) is 5.75 Å². The Labute approximate surface area is 157 Å². The first-order valence-electron chi connectivity index (χ1n) is 9.76. The van der Waals surface area contributed by atoms with E-state index in [1.807, 2.05) is 18.2 Å². The number of carbonyl (C=O) groups is 1. The molecule has 0 aliphatic rings. The minimum atomic E-state index is -0.681. The molecule has 0 bridgehead atoms. The molecule has 140 valence electrons. The molecular weight excluding hydrogens is 324 g/mol. The van der Waals surface area contributed by atoms with Gasteiger partial charge in [0.2, 0.25) is 0 Å². The van der Waals surface area contributed by atoms with E-state index in [-0.39, 0.29) is 0 Å². The van der Waals surface area contributed by atoms with Gasteiger partial charge in [-0.3, -0.25) is 4.79 Å². The lowest BCUT2D eigenvalue weighted by atomic mass is 10.1. The van der Waals surface area contributed by atoms with E-state index in [9.17, 15) is 4.79 Å². The molecule has 0 aromatic heterocycles. The molecule has 1 N–H and O–H groups in total. The molecule has 0 radical (unpaired) electrons. The number of rotatable bonds is 13. The monoisotopic (exact) mass is 354 g/mol. The number of hydrogen-bond donors (Lipinski definition) is 1. The van der Waals surface area contributed by atoms with Crippen LogP contribution in [-0.2, 0) is 4.79 Å². The standard InChI is InChI=1S/C23H30O3/c24-23(25)17-10-5-3-1-2-4-6-11-18-26-22-16-12-15-21(19-22)20-13-8-7-9-14-20/h7-9,12-16,19H,1-6,10-11,17-18H2,(H,24,25). The third kappa shape index (κ3) is 8.19. The van der Waals surface area contributed by atoms with Crippen molar-refractivity contribution in [3.8, 4) is 16.9 Å². The molecule has 0 fully saturated rings. The lowest BCUT2D eigenvalue weighted by molar-refractivity contribution is -0.137. The van der Waals surface area contributed by atoms with Crippen molar-refractivity contribution < 1.29 is 14.6 Å². The quantitative estimate of drug-likeness (QED) is 0.428. The van der Waals surface area contributed by atoms with Crippen LogP contribution in [0.25, 0.3) is 11.1 Å². The zero-order valence-electron chi connectivity index (χ0n) is 15.5. The Morgan fingerprint density at radius 2 is 1.35 bits per heavy atom. The summed E-state index contributed by atoms with van der Waals surface area (Å²) in [6.45, 7) is 0.761. The topological polar surface area (TPSA) is 46.5 Å². The average Bonchev–Trinajstić information content (AvgIpc) is 2.67. The zero-order valence-corrected chi connectivity index (χ0v) is 15.5. The predicted molar refractivity (Wildman–Crippen MR) is 107 cm³/mol. The molecule has 0 amide bonds. The number of ether oxygens (including phenoxy) is 1. The summed E-state index contributed by atoms with van der Waals surface area (Å²) in [4.78, 5) is 10.4. The Balaban J connectivity index is 1.53. The third-order valence-electron chi connectivity index (χ3n) is 4.49. The molecule has 0 heterocycles. The SMILES string of the molecule is O=C(O)CCCCCCCCCCOc1cccc(-c2ccccc2)c1. The molecule has 26 heavy (non-hydrogen) atoms. The van der Waals surface area contributed by atoms with E-state index in [4.69, 9.17) is 9.84 Å². The predicted octanol–water partition coefficient (Wildman–Crippen LogP) is 6.33. The molecule has 0 aliphatic carbocycles. The van der Waals surface area contributed by atoms with Crippen LogP contribution in [-0.4, -0.2) is 17.7 Å². The number of aliphatic carboxylic acids is 1. The van der Waals surface area contributed by atoms with Crippen LogP contribution < -0.4 is 4.74 Å². The Hall–Kier alpha value is -2.29. The molecule has 2 aromatic carbocycles. The first-order chi connectivity index (χ1) is 12.8. The second kappa shape index (κ2) is 12.1. The number of carboxylic acid groups (broad SMARTS) is 1. The van der Waals surface area contributed by atoms with Gasteiger partial charge in [0.1, 0.15) is 5.75 Å². The van der Waals surface area contributed by atoms with Crippen LogP contribution in [0.4, 0.5) is 0 Å². The third-order valence-corrected chi connectivity index (χ3v) is 4.49. The molecule has 3 nitrogen and oxygen atoms in total. The minimum absolute atomic E-state index is 0.308. The van der Waals surface area contributed by atoms with E-state index >= 15 is 0 Å². The molecule has 0 unspecified atom stereocenters. The van der Waals surface area contributed by atoms with E-state index in [2.05, 4.69) is 36.4 Å². The molecule has 0 atom stereocenters. The molecule has 0 saturated carbocycles. The molecule has 0 aliphatic heterocycles. The Morgan fingerprint density at radius 3 is 2.04 bits per heavy atom. The van der Waals surface area contributed by atoms with Crippen molar-refractivity contribution in [3.63, 3.8) is 0 Å². The fourth-order valence-electron chi connectivity index (χ4n) is 3.03. The van der Waals surface area contributed by atoms with Crippen LogP contribution in [0.2, 0.25) is 0 Å². The van der Waals surface area contributed by atoms with Crippen molar-refractivity contribution in [2.45, 2.75) is 57.8 Å². The molecule has 3 heteroatoms. The van der Waals surface area contributed by atoms with Crippen molar-refractivity contribution >= 4 is 5.97 Å². The van der Waals surface area contributed by atoms with E-state index in [1.165, 1.54) is 36.8 Å². The summed E-state index contributed by atoms with van der Waals surface area (Å²) in [6, 6.07) is 18.6. The highest BCUT2D eigenvalue weighted by molar-refractivity contribution is 5.66. The van der Waals surface area contributed by atoms with Gasteiger partial charge in [-0.1, -0.05) is 81.0 Å². The first-order valence-corrected chi connectivity index (χ1v) is 9.76. The maximum Gasteiger partial charge on any atom is 0.303 e. The van der Waals surface area contributed by atoms with E-state index < -0.39 is 5.97 Å². The van der Waals surface area contributed by atoms with Crippen LogP contribution >= 0.6 is 0 Å². The summed E-state index contributed by atoms with van der Waals surface area (Å²) >= 11 is 0. The smallest absolute Gasteiger partial charge is 0.303 e. The van der Waals surface area contributed by atoms with E-state index in [0.717, 1.165) is 38.0 Å². The van der Waals surface area contributed by atoms with E-state index in [0.29, 0.717) is 6.42 Å². The Bertz CT molecular complexity index is 637. The van der Waals surface area contributed by atoms with Gasteiger partial charge >= 0.3 is 5.97 Å². The van der Waals surface area contributed by atoms with Gasteiger partial charge in [-0.2, -0.15) is 0 Å². The largest absolute Gasteiger partial charge is 0.494 e. The number of unbranched alkanes of at least 4 members (excludes halogenated alkanes) is 7. The Morgan fingerprint density at radius 1 is 0.731 bits per heavy atom. The fourth-order valence-corrected chi connectivity index (χ4v) is 3.03. The Kier molecular flexibility index (Phi) is 9.34. The zero-order chi connectivity index (χ0) is 18.5. The maximum atomic E-state index is 10.4. The summed E-state index contributed by atoms with van der Waals surface area (Å²) in [6.07, 6.45) is 9.24. The number of hydrogen-bond acceptors (Lipinski definition) is 2. The second-order valence-electron chi connectivity index (χ2n) is 6.71. The van der Waals surface area contributed by atoms with Crippen LogP contribution in [0.1, 0.15) is 57.8 Å². The molecule has 0 saturated heterocycles. The highest BCUT2D eigenvalue weighted by Crippen LogP contribution is 2.23. The summed E-state index contributed by atoms with van der Waals surface area (Å²) < 4.78 is 5.89. The van der Waals surface area contributed by atoms with Gasteiger partial charge in [0, 0.05) is 6.42 Å². The highest BCUT2D eigenvalue weighted by Gasteiger charge is 2.00. The molecule has 2 rings (SSSR count). The highest BCUT2D eigenvalue weighted by atomic mass is 16.5. The lowest BCUT2D eigenvalue weighted by Crippen LogP contribution is -1.97. The van der Waals surface area contributed by atoms with Crippen LogP contribution in [0, 0.1) is 0 Å². The van der Waals surface area contributed by atoms with Gasteiger partial charge in [-0.05, 0) is 36.1 Å². The average molecular weight is 354 g/mol. The number of benzene rings is 2. The van der Waals surface area contributed by atoms with Crippen LogP contribution in [0.15, 0.2) is 54.6 Å².